The van der Waals surface area contributed by atoms with E-state index < -0.39 is 30.1 Å². The Labute approximate surface area is 216 Å². The Kier molecular flexibility index (Phi) is 6.74. The van der Waals surface area contributed by atoms with Crippen LogP contribution in [-0.2, 0) is 17.6 Å². The summed E-state index contributed by atoms with van der Waals surface area (Å²) in [6.45, 7) is 4.03. The molecule has 11 heteroatoms. The van der Waals surface area contributed by atoms with Gasteiger partial charge in [0.2, 0.25) is 0 Å². The zero-order valence-electron chi connectivity index (χ0n) is 20.4. The number of hydrogen-bond acceptors (Lipinski definition) is 6. The molecule has 1 aromatic carbocycles. The molecular weight excluding hydrogens is 505 g/mol. The Morgan fingerprint density at radius 2 is 2.03 bits per heavy atom. The first-order chi connectivity index (χ1) is 17.7. The molecule has 7 nitrogen and oxygen atoms in total. The summed E-state index contributed by atoms with van der Waals surface area (Å²) in [5, 5.41) is 10.2. The highest BCUT2D eigenvalue weighted by atomic mass is 32.1. The highest BCUT2D eigenvalue weighted by molar-refractivity contribution is 7.17. The van der Waals surface area contributed by atoms with Crippen LogP contribution < -0.4 is 10.6 Å². The van der Waals surface area contributed by atoms with Crippen LogP contribution in [0.15, 0.2) is 36.4 Å². The van der Waals surface area contributed by atoms with Gasteiger partial charge in [0.1, 0.15) is 10.8 Å². The van der Waals surface area contributed by atoms with Gasteiger partial charge >= 0.3 is 12.1 Å². The second-order valence-corrected chi connectivity index (χ2v) is 10.6. The fourth-order valence-corrected chi connectivity index (χ4v) is 6.41. The number of benzene rings is 1. The van der Waals surface area contributed by atoms with E-state index in [0.717, 1.165) is 28.0 Å². The average molecular weight is 533 g/mol. The van der Waals surface area contributed by atoms with Gasteiger partial charge in [0.25, 0.3) is 5.91 Å². The highest BCUT2D eigenvalue weighted by Gasteiger charge is 2.47. The van der Waals surface area contributed by atoms with Gasteiger partial charge in [-0.1, -0.05) is 37.3 Å². The van der Waals surface area contributed by atoms with Gasteiger partial charge in [-0.15, -0.1) is 11.3 Å². The van der Waals surface area contributed by atoms with Gasteiger partial charge in [-0.2, -0.15) is 18.3 Å². The van der Waals surface area contributed by atoms with E-state index in [1.165, 1.54) is 17.4 Å². The summed E-state index contributed by atoms with van der Waals surface area (Å²) < 4.78 is 48.1. The predicted octanol–water partition coefficient (Wildman–Crippen LogP) is 6.16. The Balaban J connectivity index is 1.46. The zero-order chi connectivity index (χ0) is 26.3. The van der Waals surface area contributed by atoms with Crippen molar-refractivity contribution in [2.24, 2.45) is 5.92 Å². The molecule has 0 saturated carbocycles. The van der Waals surface area contributed by atoms with Crippen molar-refractivity contribution in [1.82, 2.24) is 9.78 Å². The van der Waals surface area contributed by atoms with Crippen LogP contribution in [0.25, 0.3) is 0 Å². The van der Waals surface area contributed by atoms with Gasteiger partial charge < -0.3 is 15.4 Å². The van der Waals surface area contributed by atoms with Crippen LogP contribution in [0.4, 0.5) is 24.0 Å². The standard InChI is InChI=1S/C26H27F3N4O3S/c1-3-36-25(35)22-16-10-9-14(2)11-19(16)37-24(22)31-23(34)18-13-21-30-17(15-7-5-4-6-8-15)12-20(26(27,28)29)33(21)32-18/h4-8,13-14,17,20,30H,3,9-12H2,1-2H3,(H,31,34)/t14-,17+,20-/m1/s1. The van der Waals surface area contributed by atoms with Crippen molar-refractivity contribution >= 4 is 34.0 Å². The molecule has 1 aliphatic heterocycles. The number of thiophene rings is 1. The molecule has 5 rings (SSSR count). The minimum Gasteiger partial charge on any atom is -0.462 e. The monoisotopic (exact) mass is 532 g/mol. The van der Waals surface area contributed by atoms with Crippen molar-refractivity contribution in [2.75, 3.05) is 17.2 Å². The third-order valence-corrected chi connectivity index (χ3v) is 8.01. The number of rotatable bonds is 5. The maximum atomic E-state index is 14.0. The maximum absolute atomic E-state index is 14.0. The van der Waals surface area contributed by atoms with Crippen LogP contribution in [0.1, 0.15) is 75.6 Å². The zero-order valence-corrected chi connectivity index (χ0v) is 21.2. The first-order valence-electron chi connectivity index (χ1n) is 12.3. The summed E-state index contributed by atoms with van der Waals surface area (Å²) in [5.74, 6) is -0.637. The molecule has 0 saturated heterocycles. The number of alkyl halides is 3. The maximum Gasteiger partial charge on any atom is 0.410 e. The Bertz CT molecular complexity index is 1320. The molecule has 1 amide bonds. The van der Waals surface area contributed by atoms with E-state index in [1.54, 1.807) is 37.3 Å². The lowest BCUT2D eigenvalue weighted by Crippen LogP contribution is -2.35. The van der Waals surface area contributed by atoms with E-state index in [9.17, 15) is 22.8 Å². The van der Waals surface area contributed by atoms with Gasteiger partial charge in [0.15, 0.2) is 11.7 Å². The SMILES string of the molecule is CCOC(=O)c1c(NC(=O)c2cc3n(n2)[C@@H](C(F)(F)F)C[C@@H](c2ccccc2)N3)sc2c1CC[C@@H](C)C2. The van der Waals surface area contributed by atoms with Crippen LogP contribution in [0, 0.1) is 5.92 Å². The molecule has 3 heterocycles. The first-order valence-corrected chi connectivity index (χ1v) is 13.1. The number of amides is 1. The van der Waals surface area contributed by atoms with Crippen molar-refractivity contribution in [3.63, 3.8) is 0 Å². The lowest BCUT2D eigenvalue weighted by atomic mass is 9.88. The highest BCUT2D eigenvalue weighted by Crippen LogP contribution is 2.44. The van der Waals surface area contributed by atoms with E-state index in [2.05, 4.69) is 22.7 Å². The van der Waals surface area contributed by atoms with Gasteiger partial charge in [-0.05, 0) is 43.2 Å². The second-order valence-electron chi connectivity index (χ2n) is 9.49. The average Bonchev–Trinajstić information content (AvgIpc) is 3.44. The Morgan fingerprint density at radius 3 is 2.73 bits per heavy atom. The number of anilines is 2. The van der Waals surface area contributed by atoms with Crippen LogP contribution in [0.5, 0.6) is 0 Å². The predicted molar refractivity (Wildman–Crippen MR) is 134 cm³/mol. The van der Waals surface area contributed by atoms with Crippen molar-refractivity contribution in [2.45, 2.75) is 57.8 Å². The Morgan fingerprint density at radius 1 is 1.27 bits per heavy atom. The summed E-state index contributed by atoms with van der Waals surface area (Å²) in [5.41, 5.74) is 1.76. The van der Waals surface area contributed by atoms with Crippen LogP contribution in [0.2, 0.25) is 0 Å². The quantitative estimate of drug-likeness (QED) is 0.385. The number of fused-ring (bicyclic) bond motifs is 2. The van der Waals surface area contributed by atoms with Crippen LogP contribution in [-0.4, -0.2) is 34.4 Å². The summed E-state index contributed by atoms with van der Waals surface area (Å²) in [7, 11) is 0. The van der Waals surface area contributed by atoms with Crippen LogP contribution >= 0.6 is 11.3 Å². The van der Waals surface area contributed by atoms with Gasteiger partial charge in [-0.25, -0.2) is 9.48 Å². The molecule has 0 bridgehead atoms. The molecular formula is C26H27F3N4O3S. The molecule has 37 heavy (non-hydrogen) atoms. The number of halogens is 3. The number of esters is 1. The molecule has 1 aliphatic carbocycles. The molecule has 3 aromatic rings. The van der Waals surface area contributed by atoms with E-state index in [0.29, 0.717) is 28.5 Å². The van der Waals surface area contributed by atoms with Gasteiger partial charge in [0.05, 0.1) is 18.2 Å². The molecule has 0 spiro atoms. The fourth-order valence-electron chi connectivity index (χ4n) is 5.01. The molecule has 2 aliphatic rings. The van der Waals surface area contributed by atoms with Crippen LogP contribution in [0.3, 0.4) is 0 Å². The largest absolute Gasteiger partial charge is 0.462 e. The molecule has 0 unspecified atom stereocenters. The van der Waals surface area contributed by atoms with Gasteiger partial charge in [0, 0.05) is 17.4 Å². The third kappa shape index (κ3) is 4.96. The minimum atomic E-state index is -4.55. The smallest absolute Gasteiger partial charge is 0.410 e. The minimum absolute atomic E-state index is 0.109. The number of nitrogens with zero attached hydrogens (tertiary/aromatic N) is 2. The summed E-state index contributed by atoms with van der Waals surface area (Å²) in [6, 6.07) is 7.72. The number of aromatic nitrogens is 2. The topological polar surface area (TPSA) is 85.2 Å². The molecule has 0 radical (unpaired) electrons. The van der Waals surface area contributed by atoms with Crippen molar-refractivity contribution in [3.8, 4) is 0 Å². The van der Waals surface area contributed by atoms with E-state index >= 15 is 0 Å². The molecule has 0 fully saturated rings. The lowest BCUT2D eigenvalue weighted by Gasteiger charge is -2.33. The van der Waals surface area contributed by atoms with E-state index in [-0.39, 0.29) is 24.5 Å². The summed E-state index contributed by atoms with van der Waals surface area (Å²) >= 11 is 1.32. The number of ether oxygens (including phenoxy) is 1. The molecule has 3 atom stereocenters. The van der Waals surface area contributed by atoms with Crippen molar-refractivity contribution in [3.05, 3.63) is 63.7 Å². The van der Waals surface area contributed by atoms with Crippen molar-refractivity contribution in [1.29, 1.82) is 0 Å². The number of nitrogens with one attached hydrogen (secondary N) is 2. The van der Waals surface area contributed by atoms with Gasteiger partial charge in [-0.3, -0.25) is 4.79 Å². The van der Waals surface area contributed by atoms with E-state index in [1.807, 2.05) is 0 Å². The number of carbonyl (C=O) groups is 2. The third-order valence-electron chi connectivity index (χ3n) is 6.84. The summed E-state index contributed by atoms with van der Waals surface area (Å²) in [6.07, 6.45) is -2.40. The van der Waals surface area contributed by atoms with Crippen molar-refractivity contribution < 1.29 is 27.5 Å². The second kappa shape index (κ2) is 9.85. The fraction of sp³-hybridized carbons (Fsp3) is 0.423. The molecule has 2 N–H and O–H groups in total. The number of carbonyl (C=O) groups excluding carboxylic acids is 2. The molecule has 2 aromatic heterocycles. The van der Waals surface area contributed by atoms with E-state index in [4.69, 9.17) is 4.74 Å². The summed E-state index contributed by atoms with van der Waals surface area (Å²) in [4.78, 5) is 27.0. The lowest BCUT2D eigenvalue weighted by molar-refractivity contribution is -0.173. The normalized spacial score (nSPS) is 20.9. The number of hydrogen-bond donors (Lipinski definition) is 2. The Hall–Kier alpha value is -3.34. The first kappa shape index (κ1) is 25.3. The molecule has 196 valence electrons.